The van der Waals surface area contributed by atoms with E-state index < -0.39 is 29.7 Å². The number of H-pyrrole nitrogens is 1. The number of nitrogens with one attached hydrogen (secondary N) is 1. The molecule has 1 aliphatic heterocycles. The molecule has 1 aliphatic rings. The van der Waals surface area contributed by atoms with Gasteiger partial charge in [0.25, 0.3) is 0 Å². The molecule has 2 heterocycles. The first-order chi connectivity index (χ1) is 10.0. The smallest absolute Gasteiger partial charge is 0.403 e. The van der Waals surface area contributed by atoms with Crippen LogP contribution in [0.4, 0.5) is 0 Å². The van der Waals surface area contributed by atoms with Gasteiger partial charge in [-0.05, 0) is 11.6 Å². The predicted octanol–water partition coefficient (Wildman–Crippen LogP) is 0.686. The molecule has 3 rings (SSSR count). The van der Waals surface area contributed by atoms with Crippen molar-refractivity contribution in [1.29, 1.82) is 0 Å². The molecule has 0 spiro atoms. The molecule has 1 aromatic carbocycles. The van der Waals surface area contributed by atoms with Gasteiger partial charge in [-0.15, -0.1) is 0 Å². The van der Waals surface area contributed by atoms with E-state index in [9.17, 15) is 14.8 Å². The van der Waals surface area contributed by atoms with E-state index in [0.29, 0.717) is 16.5 Å². The molecule has 0 saturated heterocycles. The number of para-hydroxylation sites is 1. The summed E-state index contributed by atoms with van der Waals surface area (Å²) in [6.07, 6.45) is -0.0793. The van der Waals surface area contributed by atoms with Crippen molar-refractivity contribution in [3.63, 3.8) is 0 Å². The average Bonchev–Trinajstić information content (AvgIpc) is 2.99. The van der Waals surface area contributed by atoms with Gasteiger partial charge in [-0.3, -0.25) is 10.0 Å². The number of hydrogen-bond donors (Lipinski definition) is 3. The first-order valence-corrected chi connectivity index (χ1v) is 6.03. The molecular weight excluding hydrogens is 280 g/mol. The number of aromatic amines is 1. The van der Waals surface area contributed by atoms with Gasteiger partial charge in [0.15, 0.2) is 6.10 Å². The molecule has 2 aromatic rings. The van der Waals surface area contributed by atoms with E-state index in [0.717, 1.165) is 0 Å². The highest BCUT2D eigenvalue weighted by Crippen LogP contribution is 2.34. The predicted molar refractivity (Wildman–Crippen MR) is 69.8 cm³/mol. The maximum Gasteiger partial charge on any atom is 0.403 e. The second-order valence-corrected chi connectivity index (χ2v) is 4.58. The average molecular weight is 290 g/mol. The summed E-state index contributed by atoms with van der Waals surface area (Å²) >= 11 is 0. The molecular formula is C13H10N2O6. The van der Waals surface area contributed by atoms with E-state index in [2.05, 4.69) is 9.82 Å². The third-order valence-electron chi connectivity index (χ3n) is 3.42. The van der Waals surface area contributed by atoms with Gasteiger partial charge < -0.3 is 20.0 Å². The van der Waals surface area contributed by atoms with Crippen LogP contribution in [0.5, 0.6) is 0 Å². The molecule has 0 aliphatic carbocycles. The SMILES string of the molecule is O=C(O)C1=[N+]([O-])O[C@@H](C(=O)O)[C@H]1c1c[nH]c2ccccc12. The van der Waals surface area contributed by atoms with E-state index in [1.54, 1.807) is 24.3 Å². The van der Waals surface area contributed by atoms with E-state index in [1.165, 1.54) is 6.20 Å². The summed E-state index contributed by atoms with van der Waals surface area (Å²) < 4.78 is 0. The van der Waals surface area contributed by atoms with Crippen LogP contribution in [0.25, 0.3) is 10.9 Å². The lowest BCUT2D eigenvalue weighted by Gasteiger charge is -2.13. The first-order valence-electron chi connectivity index (χ1n) is 6.03. The Balaban J connectivity index is 2.20. The molecule has 0 bridgehead atoms. The van der Waals surface area contributed by atoms with Gasteiger partial charge in [0.05, 0.1) is 4.90 Å². The van der Waals surface area contributed by atoms with Crippen molar-refractivity contribution in [3.05, 3.63) is 41.2 Å². The van der Waals surface area contributed by atoms with Crippen LogP contribution in [-0.2, 0) is 14.4 Å². The summed E-state index contributed by atoms with van der Waals surface area (Å²) in [5, 5.41) is 30.5. The van der Waals surface area contributed by atoms with E-state index in [4.69, 9.17) is 10.2 Å². The van der Waals surface area contributed by atoms with Crippen LogP contribution in [-0.4, -0.2) is 43.9 Å². The van der Waals surface area contributed by atoms with Gasteiger partial charge >= 0.3 is 17.7 Å². The number of carboxylic acid groups (broad SMARTS) is 2. The highest BCUT2D eigenvalue weighted by atomic mass is 16.9. The molecule has 0 fully saturated rings. The highest BCUT2D eigenvalue weighted by Gasteiger charge is 2.49. The standard InChI is InChI=1S/C13H10N2O6/c16-12(17)10-9(11(13(18)19)21-15(10)20)7-5-14-8-4-2-1-3-6(7)8/h1-5,9,11,14H,(H,16,17)(H,18,19)/t9-,11+/m0/s1. The number of rotatable bonds is 3. The highest BCUT2D eigenvalue weighted by molar-refractivity contribution is 6.36. The van der Waals surface area contributed by atoms with Gasteiger partial charge in [0.2, 0.25) is 0 Å². The van der Waals surface area contributed by atoms with Crippen LogP contribution >= 0.6 is 0 Å². The van der Waals surface area contributed by atoms with Crippen LogP contribution < -0.4 is 0 Å². The Labute approximate surface area is 117 Å². The van der Waals surface area contributed by atoms with E-state index >= 15 is 0 Å². The van der Waals surface area contributed by atoms with Gasteiger partial charge in [-0.1, -0.05) is 18.2 Å². The summed E-state index contributed by atoms with van der Waals surface area (Å²) in [7, 11) is 0. The Morgan fingerprint density at radius 2 is 2.00 bits per heavy atom. The summed E-state index contributed by atoms with van der Waals surface area (Å²) in [5.74, 6) is -4.10. The Morgan fingerprint density at radius 1 is 1.29 bits per heavy atom. The molecule has 3 N–H and O–H groups in total. The van der Waals surface area contributed by atoms with Crippen molar-refractivity contribution in [2.75, 3.05) is 0 Å². The zero-order valence-corrected chi connectivity index (χ0v) is 10.5. The summed E-state index contributed by atoms with van der Waals surface area (Å²) in [6, 6.07) is 7.00. The van der Waals surface area contributed by atoms with E-state index in [1.807, 2.05) is 0 Å². The summed E-state index contributed by atoms with van der Waals surface area (Å²) in [4.78, 5) is 29.8. The van der Waals surface area contributed by atoms with Gasteiger partial charge in [-0.25, -0.2) is 4.79 Å². The quantitative estimate of drug-likeness (QED) is 0.714. The zero-order chi connectivity index (χ0) is 15.1. The molecule has 1 aromatic heterocycles. The second-order valence-electron chi connectivity index (χ2n) is 4.58. The molecule has 0 saturated carbocycles. The lowest BCUT2D eigenvalue weighted by atomic mass is 9.89. The number of aliphatic carboxylic acids is 2. The number of carboxylic acids is 2. The molecule has 8 heteroatoms. The van der Waals surface area contributed by atoms with Crippen molar-refractivity contribution >= 4 is 28.6 Å². The monoisotopic (exact) mass is 290 g/mol. The number of fused-ring (bicyclic) bond motifs is 1. The third kappa shape index (κ3) is 1.88. The molecule has 2 atom stereocenters. The number of aromatic nitrogens is 1. The Hall–Kier alpha value is -3.03. The lowest BCUT2D eigenvalue weighted by molar-refractivity contribution is -0.736. The normalized spacial score (nSPS) is 21.5. The minimum absolute atomic E-state index is 0.229. The van der Waals surface area contributed by atoms with E-state index in [-0.39, 0.29) is 4.90 Å². The van der Waals surface area contributed by atoms with Crippen LogP contribution in [0, 0.1) is 5.21 Å². The minimum atomic E-state index is -1.58. The number of benzene rings is 1. The molecule has 0 radical (unpaired) electrons. The first kappa shape index (κ1) is 13.0. The molecule has 8 nitrogen and oxygen atoms in total. The fourth-order valence-electron chi connectivity index (χ4n) is 2.54. The van der Waals surface area contributed by atoms with Crippen LogP contribution in [0.1, 0.15) is 11.5 Å². The fourth-order valence-corrected chi connectivity index (χ4v) is 2.54. The van der Waals surface area contributed by atoms with Crippen LogP contribution in [0.15, 0.2) is 30.5 Å². The van der Waals surface area contributed by atoms with Gasteiger partial charge in [0, 0.05) is 17.1 Å². The number of nitrogens with zero attached hydrogens (tertiary/aromatic N) is 1. The van der Waals surface area contributed by atoms with Crippen LogP contribution in [0.2, 0.25) is 0 Å². The Kier molecular flexibility index (Phi) is 2.79. The van der Waals surface area contributed by atoms with Crippen molar-refractivity contribution in [1.82, 2.24) is 4.98 Å². The third-order valence-corrected chi connectivity index (χ3v) is 3.42. The minimum Gasteiger partial charge on any atom is -0.480 e. The van der Waals surface area contributed by atoms with Gasteiger partial charge in [-0.2, -0.15) is 0 Å². The van der Waals surface area contributed by atoms with Crippen LogP contribution in [0.3, 0.4) is 0 Å². The van der Waals surface area contributed by atoms with Crippen molar-refractivity contribution in [3.8, 4) is 0 Å². The fraction of sp³-hybridized carbons (Fsp3) is 0.154. The van der Waals surface area contributed by atoms with Crippen molar-refractivity contribution < 1.29 is 29.5 Å². The number of hydrogen-bond acceptors (Lipinski definition) is 4. The van der Waals surface area contributed by atoms with Crippen molar-refractivity contribution in [2.45, 2.75) is 12.0 Å². The second kappa shape index (κ2) is 4.51. The maximum atomic E-state index is 11.6. The topological polar surface area (TPSA) is 126 Å². The molecule has 108 valence electrons. The maximum absolute atomic E-state index is 11.6. The van der Waals surface area contributed by atoms with Gasteiger partial charge in [0.1, 0.15) is 5.92 Å². The largest absolute Gasteiger partial charge is 0.480 e. The zero-order valence-electron chi connectivity index (χ0n) is 10.5. The Morgan fingerprint density at radius 3 is 2.67 bits per heavy atom. The number of carbonyl (C=O) groups is 2. The molecule has 0 amide bonds. The molecule has 21 heavy (non-hydrogen) atoms. The Bertz CT molecular complexity index is 778. The summed E-state index contributed by atoms with van der Waals surface area (Å²) in [6.45, 7) is 0. The summed E-state index contributed by atoms with van der Waals surface area (Å²) in [5.41, 5.74) is 0.464. The molecule has 0 unspecified atom stereocenters. The van der Waals surface area contributed by atoms with Crippen molar-refractivity contribution in [2.24, 2.45) is 0 Å². The lowest BCUT2D eigenvalue weighted by Crippen LogP contribution is -2.32.